The third-order valence-corrected chi connectivity index (χ3v) is 4.95. The van der Waals surface area contributed by atoms with E-state index in [0.29, 0.717) is 24.0 Å². The minimum atomic E-state index is 0.0106. The molecule has 2 aromatic carbocycles. The number of Topliss-reactive ketones (excluding diaryl/α,β-unsaturated/α-hetero) is 2. The lowest BCUT2D eigenvalue weighted by Gasteiger charge is -2.04. The van der Waals surface area contributed by atoms with Gasteiger partial charge >= 0.3 is 0 Å². The first kappa shape index (κ1) is 21.7. The van der Waals surface area contributed by atoms with Crippen LogP contribution in [-0.4, -0.2) is 21.8 Å². The predicted molar refractivity (Wildman–Crippen MR) is 111 cm³/mol. The van der Waals surface area contributed by atoms with Crippen LogP contribution in [0.5, 0.6) is 11.5 Å². The van der Waals surface area contributed by atoms with E-state index < -0.39 is 0 Å². The summed E-state index contributed by atoms with van der Waals surface area (Å²) in [5.41, 5.74) is 1.08. The summed E-state index contributed by atoms with van der Waals surface area (Å²) in [6.45, 7) is 0. The second-order valence-corrected chi connectivity index (χ2v) is 7.24. The summed E-state index contributed by atoms with van der Waals surface area (Å²) in [6.07, 6.45) is 9.41. The molecule has 0 amide bonds. The van der Waals surface area contributed by atoms with Gasteiger partial charge in [-0.1, -0.05) is 50.7 Å². The molecule has 150 valence electrons. The van der Waals surface area contributed by atoms with Crippen LogP contribution in [0.15, 0.2) is 48.5 Å². The Bertz CT molecular complexity index is 749. The summed E-state index contributed by atoms with van der Waals surface area (Å²) >= 11 is 0. The Morgan fingerprint density at radius 2 is 1.11 bits per heavy atom. The highest BCUT2D eigenvalue weighted by atomic mass is 16.3. The number of carbonyl (C=O) groups is 2. The third-order valence-electron chi connectivity index (χ3n) is 4.95. The first-order valence-corrected chi connectivity index (χ1v) is 10.2. The molecule has 0 saturated heterocycles. The van der Waals surface area contributed by atoms with Crippen LogP contribution in [0.3, 0.4) is 0 Å². The molecule has 0 aliphatic rings. The number of carbonyl (C=O) groups excluding carboxylic acids is 2. The molecule has 0 aliphatic carbocycles. The molecule has 0 saturated carbocycles. The lowest BCUT2D eigenvalue weighted by molar-refractivity contribution is 0.0969. The van der Waals surface area contributed by atoms with E-state index in [2.05, 4.69) is 0 Å². The van der Waals surface area contributed by atoms with E-state index in [-0.39, 0.29) is 23.1 Å². The number of para-hydroxylation sites is 1. The fourth-order valence-electron chi connectivity index (χ4n) is 3.27. The molecular weight excluding hydrogens is 352 g/mol. The van der Waals surface area contributed by atoms with Crippen LogP contribution < -0.4 is 0 Å². The van der Waals surface area contributed by atoms with Crippen LogP contribution in [0, 0.1) is 0 Å². The van der Waals surface area contributed by atoms with Gasteiger partial charge in [0.2, 0.25) is 0 Å². The molecule has 2 rings (SSSR count). The molecule has 0 radical (unpaired) electrons. The molecule has 0 unspecified atom stereocenters. The van der Waals surface area contributed by atoms with Gasteiger partial charge in [0.15, 0.2) is 11.6 Å². The summed E-state index contributed by atoms with van der Waals surface area (Å²) in [5.74, 6) is 0.390. The molecule has 0 aromatic heterocycles. The number of unbranched alkanes of at least 4 members (excludes halogenated alkanes) is 7. The quantitative estimate of drug-likeness (QED) is 0.326. The van der Waals surface area contributed by atoms with Gasteiger partial charge in [0.25, 0.3) is 0 Å². The van der Waals surface area contributed by atoms with Crippen LogP contribution in [0.4, 0.5) is 0 Å². The molecule has 2 aromatic rings. The highest BCUT2D eigenvalue weighted by molar-refractivity contribution is 5.98. The molecule has 4 nitrogen and oxygen atoms in total. The third kappa shape index (κ3) is 7.55. The summed E-state index contributed by atoms with van der Waals surface area (Å²) in [5, 5.41) is 18.9. The highest BCUT2D eigenvalue weighted by Crippen LogP contribution is 2.19. The number of phenolic OH excluding ortho intramolecular Hbond substituents is 2. The van der Waals surface area contributed by atoms with E-state index in [0.717, 1.165) is 51.4 Å². The first-order valence-electron chi connectivity index (χ1n) is 10.2. The van der Waals surface area contributed by atoms with Gasteiger partial charge in [0.05, 0.1) is 5.56 Å². The average molecular weight is 383 g/mol. The molecule has 0 aliphatic heterocycles. The molecule has 0 atom stereocenters. The monoisotopic (exact) mass is 382 g/mol. The lowest BCUT2D eigenvalue weighted by Crippen LogP contribution is -1.99. The fourth-order valence-corrected chi connectivity index (χ4v) is 3.27. The van der Waals surface area contributed by atoms with Crippen LogP contribution in [0.2, 0.25) is 0 Å². The SMILES string of the molecule is O=C(CCCCCCCCCCC(=O)c1ccccc1O)c1ccc(O)cc1. The number of phenols is 2. The van der Waals surface area contributed by atoms with E-state index in [1.807, 2.05) is 0 Å². The minimum absolute atomic E-state index is 0.0106. The van der Waals surface area contributed by atoms with E-state index in [9.17, 15) is 19.8 Å². The largest absolute Gasteiger partial charge is 0.508 e. The number of rotatable bonds is 13. The average Bonchev–Trinajstić information content (AvgIpc) is 2.70. The summed E-state index contributed by atoms with van der Waals surface area (Å²) in [4.78, 5) is 24.1. The van der Waals surface area contributed by atoms with Crippen molar-refractivity contribution >= 4 is 11.6 Å². The molecule has 0 spiro atoms. The van der Waals surface area contributed by atoms with E-state index in [4.69, 9.17) is 0 Å². The number of ketones is 2. The van der Waals surface area contributed by atoms with Crippen molar-refractivity contribution in [3.63, 3.8) is 0 Å². The molecule has 0 bridgehead atoms. The second kappa shape index (κ2) is 12.0. The normalized spacial score (nSPS) is 10.7. The Hall–Kier alpha value is -2.62. The zero-order valence-electron chi connectivity index (χ0n) is 16.4. The van der Waals surface area contributed by atoms with Crippen molar-refractivity contribution in [2.75, 3.05) is 0 Å². The standard InChI is InChI=1S/C24H30O4/c25-20-17-15-19(16-18-20)22(26)12-7-5-3-1-2-4-6-8-13-23(27)21-11-9-10-14-24(21)28/h9-11,14-18,25,28H,1-8,12-13H2. The fraction of sp³-hybridized carbons (Fsp3) is 0.417. The van der Waals surface area contributed by atoms with Gasteiger partial charge in [-0.05, 0) is 49.2 Å². The Labute approximate surface area is 167 Å². The Morgan fingerprint density at radius 3 is 1.68 bits per heavy atom. The van der Waals surface area contributed by atoms with Crippen molar-refractivity contribution in [1.29, 1.82) is 0 Å². The number of hydrogen-bond donors (Lipinski definition) is 2. The lowest BCUT2D eigenvalue weighted by atomic mass is 10.0. The molecule has 4 heteroatoms. The summed E-state index contributed by atoms with van der Waals surface area (Å²) < 4.78 is 0. The maximum Gasteiger partial charge on any atom is 0.166 e. The number of benzene rings is 2. The van der Waals surface area contributed by atoms with E-state index in [1.165, 1.54) is 0 Å². The summed E-state index contributed by atoms with van der Waals surface area (Å²) in [7, 11) is 0. The van der Waals surface area contributed by atoms with Gasteiger partial charge in [0, 0.05) is 18.4 Å². The van der Waals surface area contributed by atoms with Crippen LogP contribution in [0.25, 0.3) is 0 Å². The molecule has 0 heterocycles. The highest BCUT2D eigenvalue weighted by Gasteiger charge is 2.09. The molecular formula is C24H30O4. The minimum Gasteiger partial charge on any atom is -0.508 e. The van der Waals surface area contributed by atoms with Gasteiger partial charge in [-0.3, -0.25) is 9.59 Å². The van der Waals surface area contributed by atoms with Gasteiger partial charge in [0.1, 0.15) is 11.5 Å². The maximum absolute atomic E-state index is 12.0. The molecule has 2 N–H and O–H groups in total. The smallest absolute Gasteiger partial charge is 0.166 e. The topological polar surface area (TPSA) is 74.6 Å². The maximum atomic E-state index is 12.0. The van der Waals surface area contributed by atoms with Gasteiger partial charge < -0.3 is 10.2 Å². The molecule has 28 heavy (non-hydrogen) atoms. The van der Waals surface area contributed by atoms with Gasteiger partial charge in [-0.25, -0.2) is 0 Å². The zero-order chi connectivity index (χ0) is 20.2. The van der Waals surface area contributed by atoms with Gasteiger partial charge in [-0.15, -0.1) is 0 Å². The Morgan fingerprint density at radius 1 is 0.607 bits per heavy atom. The van der Waals surface area contributed by atoms with Gasteiger partial charge in [-0.2, -0.15) is 0 Å². The second-order valence-electron chi connectivity index (χ2n) is 7.24. The van der Waals surface area contributed by atoms with Crippen LogP contribution in [0.1, 0.15) is 84.9 Å². The van der Waals surface area contributed by atoms with Crippen LogP contribution >= 0.6 is 0 Å². The molecule has 0 fully saturated rings. The van der Waals surface area contributed by atoms with E-state index in [1.54, 1.807) is 48.5 Å². The number of aromatic hydroxyl groups is 2. The van der Waals surface area contributed by atoms with Crippen molar-refractivity contribution in [2.45, 2.75) is 64.2 Å². The van der Waals surface area contributed by atoms with Crippen molar-refractivity contribution in [3.05, 3.63) is 59.7 Å². The Balaban J connectivity index is 1.45. The van der Waals surface area contributed by atoms with Crippen molar-refractivity contribution < 1.29 is 19.8 Å². The van der Waals surface area contributed by atoms with Crippen molar-refractivity contribution in [2.24, 2.45) is 0 Å². The van der Waals surface area contributed by atoms with Crippen molar-refractivity contribution in [3.8, 4) is 11.5 Å². The summed E-state index contributed by atoms with van der Waals surface area (Å²) in [6, 6.07) is 13.1. The van der Waals surface area contributed by atoms with E-state index >= 15 is 0 Å². The zero-order valence-corrected chi connectivity index (χ0v) is 16.4. The predicted octanol–water partition coefficient (Wildman–Crippen LogP) is 6.06. The van der Waals surface area contributed by atoms with Crippen molar-refractivity contribution in [1.82, 2.24) is 0 Å². The number of hydrogen-bond acceptors (Lipinski definition) is 4. The first-order chi connectivity index (χ1) is 13.6. The Kier molecular flexibility index (Phi) is 9.26. The van der Waals surface area contributed by atoms with Crippen LogP contribution in [-0.2, 0) is 0 Å².